The first-order valence-electron chi connectivity index (χ1n) is 5.22. The van der Waals surface area contributed by atoms with Crippen LogP contribution in [0.25, 0.3) is 0 Å². The summed E-state index contributed by atoms with van der Waals surface area (Å²) in [4.78, 5) is 13.3. The molecule has 1 amide bonds. The van der Waals surface area contributed by atoms with Gasteiger partial charge in [0.15, 0.2) is 0 Å². The molecule has 3 N–H and O–H groups in total. The molecule has 0 saturated heterocycles. The molecule has 4 heteroatoms. The molecule has 0 aliphatic carbocycles. The minimum Gasteiger partial charge on any atom is -0.353 e. The number of nitrogens with one attached hydrogen (secondary N) is 1. The molecular formula is C10H23N3O. The summed E-state index contributed by atoms with van der Waals surface area (Å²) >= 11 is 0. The van der Waals surface area contributed by atoms with Crippen LogP contribution in [0, 0.1) is 0 Å². The van der Waals surface area contributed by atoms with Crippen LogP contribution in [0.15, 0.2) is 0 Å². The van der Waals surface area contributed by atoms with Gasteiger partial charge in [-0.2, -0.15) is 0 Å². The van der Waals surface area contributed by atoms with Crippen LogP contribution in [-0.4, -0.2) is 43.0 Å². The number of hydrogen-bond acceptors (Lipinski definition) is 3. The Morgan fingerprint density at radius 2 is 2.07 bits per heavy atom. The summed E-state index contributed by atoms with van der Waals surface area (Å²) in [5, 5.41) is 2.79. The third-order valence-electron chi connectivity index (χ3n) is 2.52. The number of carbonyl (C=O) groups excluding carboxylic acids is 1. The summed E-state index contributed by atoms with van der Waals surface area (Å²) in [5.41, 5.74) is 5.41. The lowest BCUT2D eigenvalue weighted by Gasteiger charge is -2.23. The van der Waals surface area contributed by atoms with Gasteiger partial charge in [0.2, 0.25) is 5.91 Å². The highest BCUT2D eigenvalue weighted by molar-refractivity contribution is 5.80. The van der Waals surface area contributed by atoms with Gasteiger partial charge in [0.1, 0.15) is 0 Å². The number of hydrogen-bond donors (Lipinski definition) is 2. The van der Waals surface area contributed by atoms with E-state index in [-0.39, 0.29) is 5.91 Å². The van der Waals surface area contributed by atoms with Gasteiger partial charge in [-0.15, -0.1) is 0 Å². The Balaban J connectivity index is 3.59. The second kappa shape index (κ2) is 6.79. The maximum Gasteiger partial charge on any atom is 0.236 e. The highest BCUT2D eigenvalue weighted by Gasteiger charge is 2.08. The van der Waals surface area contributed by atoms with E-state index >= 15 is 0 Å². The van der Waals surface area contributed by atoms with Crippen molar-refractivity contribution in [2.75, 3.05) is 20.1 Å². The van der Waals surface area contributed by atoms with E-state index in [0.717, 1.165) is 13.0 Å². The summed E-state index contributed by atoms with van der Waals surface area (Å²) in [7, 11) is 2.06. The van der Waals surface area contributed by atoms with Gasteiger partial charge >= 0.3 is 0 Å². The molecule has 0 heterocycles. The topological polar surface area (TPSA) is 58.4 Å². The van der Waals surface area contributed by atoms with E-state index in [1.54, 1.807) is 6.92 Å². The highest BCUT2D eigenvalue weighted by atomic mass is 16.2. The zero-order valence-electron chi connectivity index (χ0n) is 9.71. The van der Waals surface area contributed by atoms with E-state index in [1.165, 1.54) is 0 Å². The van der Waals surface area contributed by atoms with Crippen molar-refractivity contribution in [2.24, 2.45) is 5.73 Å². The first-order valence-corrected chi connectivity index (χ1v) is 5.22. The maximum absolute atomic E-state index is 11.1. The van der Waals surface area contributed by atoms with Crippen molar-refractivity contribution in [2.45, 2.75) is 39.3 Å². The van der Waals surface area contributed by atoms with Gasteiger partial charge in [0.05, 0.1) is 6.04 Å². The Labute approximate surface area is 86.8 Å². The van der Waals surface area contributed by atoms with Gasteiger partial charge in [0, 0.05) is 19.1 Å². The third-order valence-corrected chi connectivity index (χ3v) is 2.52. The summed E-state index contributed by atoms with van der Waals surface area (Å²) < 4.78 is 0. The Kier molecular flexibility index (Phi) is 6.49. The Bertz CT molecular complexity index is 171. The molecule has 0 rings (SSSR count). The lowest BCUT2D eigenvalue weighted by atomic mass is 10.2. The molecule has 2 atom stereocenters. The van der Waals surface area contributed by atoms with E-state index in [4.69, 9.17) is 5.73 Å². The molecule has 0 aliphatic heterocycles. The largest absolute Gasteiger partial charge is 0.353 e. The van der Waals surface area contributed by atoms with Gasteiger partial charge in [-0.25, -0.2) is 0 Å². The van der Waals surface area contributed by atoms with Gasteiger partial charge in [0.25, 0.3) is 0 Å². The molecule has 0 fully saturated rings. The SMILES string of the molecule is CCC(C)N(C)CCNC(=O)[C@@H](C)N. The Hall–Kier alpha value is -0.610. The fourth-order valence-corrected chi connectivity index (χ4v) is 1.05. The van der Waals surface area contributed by atoms with Gasteiger partial charge in [-0.05, 0) is 27.3 Å². The molecule has 84 valence electrons. The number of carbonyl (C=O) groups is 1. The molecule has 14 heavy (non-hydrogen) atoms. The van der Waals surface area contributed by atoms with Crippen LogP contribution in [0.5, 0.6) is 0 Å². The van der Waals surface area contributed by atoms with E-state index in [2.05, 4.69) is 31.1 Å². The summed E-state index contributed by atoms with van der Waals surface area (Å²) in [6.07, 6.45) is 1.12. The maximum atomic E-state index is 11.1. The fourth-order valence-electron chi connectivity index (χ4n) is 1.05. The van der Waals surface area contributed by atoms with Crippen LogP contribution in [0.2, 0.25) is 0 Å². The van der Waals surface area contributed by atoms with E-state index in [1.807, 2.05) is 0 Å². The molecular weight excluding hydrogens is 178 g/mol. The second-order valence-corrected chi connectivity index (χ2v) is 3.82. The number of likely N-dealkylation sites (N-methyl/N-ethyl adjacent to an activating group) is 1. The van der Waals surface area contributed by atoms with E-state index in [0.29, 0.717) is 12.6 Å². The van der Waals surface area contributed by atoms with Crippen molar-refractivity contribution >= 4 is 5.91 Å². The normalized spacial score (nSPS) is 15.3. The average molecular weight is 201 g/mol. The molecule has 0 saturated carbocycles. The van der Waals surface area contributed by atoms with Crippen molar-refractivity contribution < 1.29 is 4.79 Å². The molecule has 0 radical (unpaired) electrons. The van der Waals surface area contributed by atoms with Crippen molar-refractivity contribution in [3.05, 3.63) is 0 Å². The molecule has 0 aromatic rings. The van der Waals surface area contributed by atoms with Crippen LogP contribution in [0.4, 0.5) is 0 Å². The van der Waals surface area contributed by atoms with Gasteiger partial charge in [-0.3, -0.25) is 4.79 Å². The Morgan fingerprint density at radius 3 is 2.50 bits per heavy atom. The van der Waals surface area contributed by atoms with E-state index in [9.17, 15) is 4.79 Å². The van der Waals surface area contributed by atoms with Crippen molar-refractivity contribution in [1.29, 1.82) is 0 Å². The average Bonchev–Trinajstić information content (AvgIpc) is 2.15. The van der Waals surface area contributed by atoms with Crippen molar-refractivity contribution in [1.82, 2.24) is 10.2 Å². The van der Waals surface area contributed by atoms with Crippen LogP contribution in [0.3, 0.4) is 0 Å². The first-order chi connectivity index (χ1) is 6.49. The lowest BCUT2D eigenvalue weighted by molar-refractivity contribution is -0.122. The van der Waals surface area contributed by atoms with Crippen LogP contribution < -0.4 is 11.1 Å². The Morgan fingerprint density at radius 1 is 1.50 bits per heavy atom. The highest BCUT2D eigenvalue weighted by Crippen LogP contribution is 1.97. The molecule has 1 unspecified atom stereocenters. The number of nitrogens with two attached hydrogens (primary N) is 1. The van der Waals surface area contributed by atoms with Gasteiger partial charge in [-0.1, -0.05) is 6.92 Å². The van der Waals surface area contributed by atoms with Crippen molar-refractivity contribution in [3.8, 4) is 0 Å². The molecule has 0 aliphatic rings. The van der Waals surface area contributed by atoms with Gasteiger partial charge < -0.3 is 16.0 Å². The molecule has 0 spiro atoms. The third kappa shape index (κ3) is 5.19. The smallest absolute Gasteiger partial charge is 0.236 e. The van der Waals surface area contributed by atoms with Crippen LogP contribution in [0.1, 0.15) is 27.2 Å². The predicted molar refractivity (Wildman–Crippen MR) is 59.0 cm³/mol. The fraction of sp³-hybridized carbons (Fsp3) is 0.900. The number of nitrogens with zero attached hydrogens (tertiary/aromatic N) is 1. The summed E-state index contributed by atoms with van der Waals surface area (Å²) in [6, 6.07) is 0.145. The lowest BCUT2D eigenvalue weighted by Crippen LogP contribution is -2.42. The second-order valence-electron chi connectivity index (χ2n) is 3.82. The summed E-state index contributed by atoms with van der Waals surface area (Å²) in [6.45, 7) is 7.55. The minimum absolute atomic E-state index is 0.0810. The van der Waals surface area contributed by atoms with E-state index < -0.39 is 6.04 Å². The minimum atomic E-state index is -0.413. The van der Waals surface area contributed by atoms with Crippen LogP contribution in [-0.2, 0) is 4.79 Å². The molecule has 0 aromatic carbocycles. The quantitative estimate of drug-likeness (QED) is 0.644. The van der Waals surface area contributed by atoms with Crippen LogP contribution >= 0.6 is 0 Å². The van der Waals surface area contributed by atoms with Crippen molar-refractivity contribution in [3.63, 3.8) is 0 Å². The first kappa shape index (κ1) is 13.4. The summed E-state index contributed by atoms with van der Waals surface area (Å²) in [5.74, 6) is -0.0810. The molecule has 4 nitrogen and oxygen atoms in total. The molecule has 0 bridgehead atoms. The zero-order valence-corrected chi connectivity index (χ0v) is 9.71. The monoisotopic (exact) mass is 201 g/mol. The number of amides is 1. The number of rotatable bonds is 6. The molecule has 0 aromatic heterocycles. The predicted octanol–water partition coefficient (Wildman–Crippen LogP) is 0.180. The zero-order chi connectivity index (χ0) is 11.1. The standard InChI is InChI=1S/C10H23N3O/c1-5-8(2)13(4)7-6-12-10(14)9(3)11/h8-9H,5-7,11H2,1-4H3,(H,12,14)/t8?,9-/m1/s1.